The molecule has 4 heterocycles. The van der Waals surface area contributed by atoms with Crippen LogP contribution in [-0.4, -0.2) is 9.13 Å². The van der Waals surface area contributed by atoms with Crippen molar-refractivity contribution >= 4 is 55.8 Å². The predicted octanol–water partition coefficient (Wildman–Crippen LogP) is 17.2. The third kappa shape index (κ3) is 5.74. The summed E-state index contributed by atoms with van der Waals surface area (Å²) in [7, 11) is 0. The molecule has 4 nitrogen and oxygen atoms in total. The number of hydrogen-bond acceptors (Lipinski definition) is 2. The van der Waals surface area contributed by atoms with Crippen LogP contribution in [0.25, 0.3) is 83.5 Å². The van der Waals surface area contributed by atoms with Gasteiger partial charge in [-0.25, -0.2) is 0 Å². The first kappa shape index (κ1) is 38.4. The molecule has 0 radical (unpaired) electrons. The maximum atomic E-state index is 2.51. The summed E-state index contributed by atoms with van der Waals surface area (Å²) in [5.41, 5.74) is 24.1. The van der Waals surface area contributed by atoms with Crippen LogP contribution in [0.2, 0.25) is 0 Å². The van der Waals surface area contributed by atoms with Gasteiger partial charge in [-0.1, -0.05) is 158 Å². The Morgan fingerprint density at radius 1 is 0.324 bits per heavy atom. The fraction of sp³-hybridized carbons (Fsp3) is 0.0312. The van der Waals surface area contributed by atoms with Gasteiger partial charge in [0.25, 0.3) is 0 Å². The summed E-state index contributed by atoms with van der Waals surface area (Å²) in [6.45, 7) is 0. The number of hydrogen-bond donors (Lipinski definition) is 0. The van der Waals surface area contributed by atoms with E-state index in [-0.39, 0.29) is 0 Å². The molecule has 320 valence electrons. The molecule has 3 aliphatic rings. The van der Waals surface area contributed by atoms with Crippen molar-refractivity contribution in [2.24, 2.45) is 0 Å². The van der Waals surface area contributed by atoms with E-state index < -0.39 is 0 Å². The first-order valence-corrected chi connectivity index (χ1v) is 23.7. The molecular formula is C64H44N4. The number of allylic oxidation sites excluding steroid dienone is 3. The highest BCUT2D eigenvalue weighted by molar-refractivity contribution is 6.13. The maximum absolute atomic E-state index is 2.51. The summed E-state index contributed by atoms with van der Waals surface area (Å²) >= 11 is 0. The van der Waals surface area contributed by atoms with E-state index in [2.05, 4.69) is 262 Å². The van der Waals surface area contributed by atoms with Crippen LogP contribution in [0, 0.1) is 0 Å². The highest BCUT2D eigenvalue weighted by atomic mass is 15.2. The Morgan fingerprint density at radius 3 is 1.32 bits per heavy atom. The number of para-hydroxylation sites is 7. The van der Waals surface area contributed by atoms with E-state index in [4.69, 9.17) is 0 Å². The van der Waals surface area contributed by atoms with Gasteiger partial charge in [0, 0.05) is 67.0 Å². The SMILES string of the molecule is C1=CC2=C(CC1)c1c(n(-c3ccc(-c4ccc(-n5c6c(c7ccccc75)-c5ccccc5N(c5ccccc5)c5ccccc5-6)cc4)cc3)c3ccccc13)-c1ccccc1N2c1ccccc1. The standard InChI is InChI=1S/C64H44N4/c1-3-19-45(20-4-1)65-55-29-13-7-23-49(55)61-51-25-9-15-31-57(51)67(63(61)53-27-11-17-33-59(53)65)47-39-35-43(36-40-47)44-37-41-48(42-38-44)68-58-32-16-10-26-52(58)62-50-24-8-14-30-56(50)66(46-21-5-2-6-22-46)60-34-18-12-28-54(60)64(62)68/h1-7,9-23,25-42H,8,24H2. The normalized spacial score (nSPS) is 13.6. The fourth-order valence-electron chi connectivity index (χ4n) is 11.4. The molecule has 0 amide bonds. The predicted molar refractivity (Wildman–Crippen MR) is 284 cm³/mol. The zero-order valence-electron chi connectivity index (χ0n) is 37.3. The van der Waals surface area contributed by atoms with Crippen molar-refractivity contribution < 1.29 is 0 Å². The average Bonchev–Trinajstić information content (AvgIpc) is 3.85. The van der Waals surface area contributed by atoms with E-state index in [0.717, 1.165) is 35.6 Å². The summed E-state index contributed by atoms with van der Waals surface area (Å²) in [5, 5.41) is 2.52. The average molecular weight is 869 g/mol. The lowest BCUT2D eigenvalue weighted by molar-refractivity contribution is 1.02. The van der Waals surface area contributed by atoms with Crippen molar-refractivity contribution in [3.63, 3.8) is 0 Å². The molecule has 0 N–H and O–H groups in total. The molecule has 2 aromatic heterocycles. The van der Waals surface area contributed by atoms with Gasteiger partial charge in [0.15, 0.2) is 0 Å². The van der Waals surface area contributed by atoms with E-state index in [0.29, 0.717) is 0 Å². The lowest BCUT2D eigenvalue weighted by Gasteiger charge is -2.29. The summed E-state index contributed by atoms with van der Waals surface area (Å²) in [6, 6.07) is 84.5. The molecule has 0 saturated heterocycles. The molecule has 0 saturated carbocycles. The number of fused-ring (bicyclic) bond motifs is 13. The van der Waals surface area contributed by atoms with E-state index in [9.17, 15) is 0 Å². The molecule has 0 bridgehead atoms. The Hall–Kier alpha value is -8.86. The van der Waals surface area contributed by atoms with Gasteiger partial charge in [0.1, 0.15) is 0 Å². The topological polar surface area (TPSA) is 16.3 Å². The van der Waals surface area contributed by atoms with Crippen molar-refractivity contribution in [2.45, 2.75) is 12.8 Å². The second-order valence-corrected chi connectivity index (χ2v) is 17.9. The Kier molecular flexibility index (Phi) is 8.68. The quantitative estimate of drug-likeness (QED) is 0.171. The number of benzene rings is 9. The third-order valence-electron chi connectivity index (χ3n) is 14.3. The molecule has 0 unspecified atom stereocenters. The number of rotatable bonds is 5. The maximum Gasteiger partial charge on any atom is 0.0641 e. The number of aromatic nitrogens is 2. The van der Waals surface area contributed by atoms with Gasteiger partial charge in [-0.05, 0) is 114 Å². The Bertz CT molecular complexity index is 3830. The minimum absolute atomic E-state index is 0.979. The largest absolute Gasteiger partial charge is 0.310 e. The van der Waals surface area contributed by atoms with E-state index in [1.54, 1.807) is 0 Å². The number of nitrogens with zero attached hydrogens (tertiary/aromatic N) is 4. The summed E-state index contributed by atoms with van der Waals surface area (Å²) in [4.78, 5) is 4.89. The molecule has 11 aromatic rings. The fourth-order valence-corrected chi connectivity index (χ4v) is 11.4. The van der Waals surface area contributed by atoms with Gasteiger partial charge in [0.2, 0.25) is 0 Å². The van der Waals surface area contributed by atoms with Crippen LogP contribution in [0.4, 0.5) is 28.4 Å². The van der Waals surface area contributed by atoms with E-state index in [1.165, 1.54) is 100 Å². The van der Waals surface area contributed by atoms with Gasteiger partial charge < -0.3 is 18.9 Å². The molecule has 1 aliphatic carbocycles. The second kappa shape index (κ2) is 15.4. The van der Waals surface area contributed by atoms with Crippen LogP contribution in [-0.2, 0) is 0 Å². The molecule has 9 aromatic carbocycles. The van der Waals surface area contributed by atoms with Gasteiger partial charge in [0.05, 0.1) is 39.5 Å². The molecule has 68 heavy (non-hydrogen) atoms. The zero-order chi connectivity index (χ0) is 44.7. The highest BCUT2D eigenvalue weighted by Crippen LogP contribution is 2.55. The van der Waals surface area contributed by atoms with Crippen LogP contribution in [0.15, 0.2) is 248 Å². The van der Waals surface area contributed by atoms with E-state index >= 15 is 0 Å². The lowest BCUT2D eigenvalue weighted by Crippen LogP contribution is -2.17. The number of anilines is 5. The molecule has 2 aliphatic heterocycles. The van der Waals surface area contributed by atoms with Crippen molar-refractivity contribution in [3.05, 3.63) is 254 Å². The Balaban J connectivity index is 0.898. The van der Waals surface area contributed by atoms with Crippen molar-refractivity contribution in [3.8, 4) is 56.1 Å². The van der Waals surface area contributed by atoms with Gasteiger partial charge in [-0.3, -0.25) is 0 Å². The third-order valence-corrected chi connectivity index (χ3v) is 14.3. The smallest absolute Gasteiger partial charge is 0.0641 e. The molecule has 0 atom stereocenters. The van der Waals surface area contributed by atoms with Gasteiger partial charge in [-0.15, -0.1) is 0 Å². The summed E-state index contributed by atoms with van der Waals surface area (Å²) in [5.74, 6) is 0. The first-order valence-electron chi connectivity index (χ1n) is 23.7. The summed E-state index contributed by atoms with van der Waals surface area (Å²) in [6.07, 6.45) is 6.67. The van der Waals surface area contributed by atoms with Crippen LogP contribution >= 0.6 is 0 Å². The monoisotopic (exact) mass is 868 g/mol. The molecule has 0 fully saturated rings. The Labute approximate surface area is 395 Å². The second-order valence-electron chi connectivity index (χ2n) is 17.9. The molecule has 14 rings (SSSR count). The molecular weight excluding hydrogens is 825 g/mol. The van der Waals surface area contributed by atoms with Crippen molar-refractivity contribution in [1.82, 2.24) is 9.13 Å². The van der Waals surface area contributed by atoms with Gasteiger partial charge >= 0.3 is 0 Å². The minimum atomic E-state index is 0.979. The molecule has 0 spiro atoms. The van der Waals surface area contributed by atoms with Crippen LogP contribution in [0.5, 0.6) is 0 Å². The first-order chi connectivity index (χ1) is 33.8. The van der Waals surface area contributed by atoms with Gasteiger partial charge in [-0.2, -0.15) is 0 Å². The highest BCUT2D eigenvalue weighted by Gasteiger charge is 2.34. The summed E-state index contributed by atoms with van der Waals surface area (Å²) < 4.78 is 4.98. The zero-order valence-corrected chi connectivity index (χ0v) is 37.3. The molecule has 4 heteroatoms. The minimum Gasteiger partial charge on any atom is -0.310 e. The Morgan fingerprint density at radius 2 is 0.750 bits per heavy atom. The lowest BCUT2D eigenvalue weighted by atomic mass is 9.92. The van der Waals surface area contributed by atoms with Crippen molar-refractivity contribution in [2.75, 3.05) is 9.80 Å². The van der Waals surface area contributed by atoms with Crippen LogP contribution in [0.1, 0.15) is 18.4 Å². The van der Waals surface area contributed by atoms with Crippen LogP contribution < -0.4 is 9.80 Å². The van der Waals surface area contributed by atoms with Crippen LogP contribution in [0.3, 0.4) is 0 Å². The van der Waals surface area contributed by atoms with Crippen molar-refractivity contribution in [1.29, 1.82) is 0 Å². The van der Waals surface area contributed by atoms with E-state index in [1.807, 2.05) is 0 Å².